The molecule has 6 heteroatoms. The SMILES string of the molecule is O=C1CSC(=N/N=C\c2c(OCc3ccccc3)ccc3ccccc23)N1. The lowest BCUT2D eigenvalue weighted by atomic mass is 10.0. The van der Waals surface area contributed by atoms with Crippen LogP contribution in [0.1, 0.15) is 11.1 Å². The Morgan fingerprint density at radius 1 is 1.04 bits per heavy atom. The van der Waals surface area contributed by atoms with E-state index in [9.17, 15) is 4.79 Å². The van der Waals surface area contributed by atoms with E-state index in [1.165, 1.54) is 11.8 Å². The summed E-state index contributed by atoms with van der Waals surface area (Å²) in [6.45, 7) is 0.473. The summed E-state index contributed by atoms with van der Waals surface area (Å²) in [5.41, 5.74) is 1.96. The number of ether oxygens (including phenoxy) is 1. The molecule has 1 aliphatic heterocycles. The van der Waals surface area contributed by atoms with Gasteiger partial charge in [0.2, 0.25) is 5.91 Å². The highest BCUT2D eigenvalue weighted by molar-refractivity contribution is 8.15. The van der Waals surface area contributed by atoms with Crippen LogP contribution in [0.25, 0.3) is 10.8 Å². The standard InChI is InChI=1S/C21H17N3O2S/c25-20-14-27-21(23-20)24-22-12-18-17-9-5-4-8-16(17)10-11-19(18)26-13-15-6-2-1-3-7-15/h1-12H,13-14H2,(H,23,24,25)/b22-12-. The fraction of sp³-hybridized carbons (Fsp3) is 0.0952. The van der Waals surface area contributed by atoms with Gasteiger partial charge in [-0.25, -0.2) is 0 Å². The van der Waals surface area contributed by atoms with E-state index in [1.807, 2.05) is 66.7 Å². The third kappa shape index (κ3) is 4.17. The van der Waals surface area contributed by atoms with Crippen molar-refractivity contribution < 1.29 is 9.53 Å². The van der Waals surface area contributed by atoms with E-state index in [1.54, 1.807) is 6.21 Å². The number of amides is 1. The molecule has 3 aromatic carbocycles. The number of rotatable bonds is 5. The van der Waals surface area contributed by atoms with Crippen LogP contribution in [0.15, 0.2) is 76.9 Å². The normalized spacial score (nSPS) is 15.6. The minimum atomic E-state index is -0.0500. The number of nitrogens with one attached hydrogen (secondary N) is 1. The summed E-state index contributed by atoms with van der Waals surface area (Å²) >= 11 is 1.35. The number of nitrogens with zero attached hydrogens (tertiary/aromatic N) is 2. The van der Waals surface area contributed by atoms with Gasteiger partial charge in [0, 0.05) is 5.56 Å². The third-order valence-electron chi connectivity index (χ3n) is 4.09. The summed E-state index contributed by atoms with van der Waals surface area (Å²) in [7, 11) is 0. The maximum Gasteiger partial charge on any atom is 0.236 e. The van der Waals surface area contributed by atoms with Crippen molar-refractivity contribution >= 4 is 39.8 Å². The van der Waals surface area contributed by atoms with Gasteiger partial charge in [-0.05, 0) is 22.4 Å². The highest BCUT2D eigenvalue weighted by Gasteiger charge is 2.16. The monoisotopic (exact) mass is 375 g/mol. The molecule has 0 unspecified atom stereocenters. The largest absolute Gasteiger partial charge is 0.488 e. The van der Waals surface area contributed by atoms with Gasteiger partial charge in [-0.1, -0.05) is 72.4 Å². The molecule has 1 saturated heterocycles. The number of thioether (sulfide) groups is 1. The van der Waals surface area contributed by atoms with Crippen molar-refractivity contribution in [2.24, 2.45) is 10.2 Å². The average molecular weight is 375 g/mol. The van der Waals surface area contributed by atoms with Crippen molar-refractivity contribution in [3.63, 3.8) is 0 Å². The highest BCUT2D eigenvalue weighted by atomic mass is 32.2. The molecular weight excluding hydrogens is 358 g/mol. The molecule has 0 atom stereocenters. The second-order valence-corrected chi connectivity index (χ2v) is 6.92. The number of hydrogen-bond donors (Lipinski definition) is 1. The van der Waals surface area contributed by atoms with Gasteiger partial charge >= 0.3 is 0 Å². The smallest absolute Gasteiger partial charge is 0.236 e. The Balaban J connectivity index is 1.64. The summed E-state index contributed by atoms with van der Waals surface area (Å²) in [5.74, 6) is 1.07. The van der Waals surface area contributed by atoms with Gasteiger partial charge < -0.3 is 10.1 Å². The molecule has 0 aromatic heterocycles. The van der Waals surface area contributed by atoms with Gasteiger partial charge in [0.1, 0.15) is 12.4 Å². The summed E-state index contributed by atoms with van der Waals surface area (Å²) in [6, 6.07) is 22.1. The third-order valence-corrected chi connectivity index (χ3v) is 4.95. The van der Waals surface area contributed by atoms with Crippen molar-refractivity contribution in [3.8, 4) is 5.75 Å². The van der Waals surface area contributed by atoms with E-state index in [0.29, 0.717) is 17.5 Å². The van der Waals surface area contributed by atoms with Crippen molar-refractivity contribution in [1.82, 2.24) is 5.32 Å². The molecule has 4 rings (SSSR count). The Labute approximate surface area is 161 Å². The lowest BCUT2D eigenvalue weighted by Crippen LogP contribution is -2.19. The maximum atomic E-state index is 11.3. The van der Waals surface area contributed by atoms with Crippen LogP contribution in [0.5, 0.6) is 5.75 Å². The molecule has 134 valence electrons. The van der Waals surface area contributed by atoms with Crippen LogP contribution in [-0.2, 0) is 11.4 Å². The summed E-state index contributed by atoms with van der Waals surface area (Å²) < 4.78 is 6.06. The lowest BCUT2D eigenvalue weighted by molar-refractivity contribution is -0.116. The minimum Gasteiger partial charge on any atom is -0.488 e. The van der Waals surface area contributed by atoms with Crippen LogP contribution in [0.3, 0.4) is 0 Å². The van der Waals surface area contributed by atoms with Crippen molar-refractivity contribution in [2.75, 3.05) is 5.75 Å². The van der Waals surface area contributed by atoms with Gasteiger partial charge in [-0.3, -0.25) is 4.79 Å². The lowest BCUT2D eigenvalue weighted by Gasteiger charge is -2.11. The molecule has 1 amide bonds. The second-order valence-electron chi connectivity index (χ2n) is 5.96. The van der Waals surface area contributed by atoms with E-state index >= 15 is 0 Å². The van der Waals surface area contributed by atoms with Crippen molar-refractivity contribution in [3.05, 3.63) is 77.9 Å². The first-order valence-electron chi connectivity index (χ1n) is 8.52. The fourth-order valence-corrected chi connectivity index (χ4v) is 3.42. The van der Waals surface area contributed by atoms with Gasteiger partial charge in [0.25, 0.3) is 0 Å². The molecule has 0 spiro atoms. The number of amidine groups is 1. The van der Waals surface area contributed by atoms with Crippen LogP contribution in [-0.4, -0.2) is 23.0 Å². The van der Waals surface area contributed by atoms with Gasteiger partial charge in [-0.15, -0.1) is 5.10 Å². The minimum absolute atomic E-state index is 0.0500. The topological polar surface area (TPSA) is 63.0 Å². The average Bonchev–Trinajstić information content (AvgIpc) is 3.13. The summed E-state index contributed by atoms with van der Waals surface area (Å²) in [6.07, 6.45) is 1.68. The second kappa shape index (κ2) is 8.05. The number of hydrogen-bond acceptors (Lipinski definition) is 5. The molecule has 27 heavy (non-hydrogen) atoms. The fourth-order valence-electron chi connectivity index (χ4n) is 2.79. The zero-order valence-corrected chi connectivity index (χ0v) is 15.3. The molecular formula is C21H17N3O2S. The highest BCUT2D eigenvalue weighted by Crippen LogP contribution is 2.27. The first-order valence-corrected chi connectivity index (χ1v) is 9.50. The molecule has 5 nitrogen and oxygen atoms in total. The Hall–Kier alpha value is -3.12. The number of fused-ring (bicyclic) bond motifs is 1. The molecule has 3 aromatic rings. The molecule has 1 heterocycles. The summed E-state index contributed by atoms with van der Waals surface area (Å²) in [5, 5.41) is 13.6. The first-order chi connectivity index (χ1) is 13.3. The maximum absolute atomic E-state index is 11.3. The van der Waals surface area contributed by atoms with Gasteiger partial charge in [-0.2, -0.15) is 5.10 Å². The Bertz CT molecular complexity index is 1030. The molecule has 1 N–H and O–H groups in total. The Morgan fingerprint density at radius 2 is 1.85 bits per heavy atom. The van der Waals surface area contributed by atoms with E-state index in [-0.39, 0.29) is 5.91 Å². The van der Waals surface area contributed by atoms with Crippen LogP contribution in [0.4, 0.5) is 0 Å². The van der Waals surface area contributed by atoms with Crippen molar-refractivity contribution in [1.29, 1.82) is 0 Å². The van der Waals surface area contributed by atoms with E-state index in [4.69, 9.17) is 4.74 Å². The summed E-state index contributed by atoms with van der Waals surface area (Å²) in [4.78, 5) is 11.3. The quantitative estimate of drug-likeness (QED) is 0.542. The molecule has 0 saturated carbocycles. The van der Waals surface area contributed by atoms with Crippen molar-refractivity contribution in [2.45, 2.75) is 6.61 Å². The van der Waals surface area contributed by atoms with Crippen LogP contribution >= 0.6 is 11.8 Å². The molecule has 0 radical (unpaired) electrons. The number of carbonyl (C=O) groups is 1. The molecule has 0 bridgehead atoms. The zero-order chi connectivity index (χ0) is 18.5. The van der Waals surface area contributed by atoms with E-state index in [0.717, 1.165) is 27.6 Å². The molecule has 1 fully saturated rings. The zero-order valence-electron chi connectivity index (χ0n) is 14.5. The predicted octanol–water partition coefficient (Wildman–Crippen LogP) is 3.97. The Kier molecular flexibility index (Phi) is 5.16. The molecule has 0 aliphatic carbocycles. The number of benzene rings is 3. The van der Waals surface area contributed by atoms with Gasteiger partial charge in [0.05, 0.1) is 12.0 Å². The predicted molar refractivity (Wildman–Crippen MR) is 110 cm³/mol. The van der Waals surface area contributed by atoms with Gasteiger partial charge in [0.15, 0.2) is 5.17 Å². The van der Waals surface area contributed by atoms with Crippen LogP contribution in [0.2, 0.25) is 0 Å². The van der Waals surface area contributed by atoms with E-state index < -0.39 is 0 Å². The van der Waals surface area contributed by atoms with Crippen LogP contribution < -0.4 is 10.1 Å². The van der Waals surface area contributed by atoms with E-state index in [2.05, 4.69) is 15.5 Å². The Morgan fingerprint density at radius 3 is 2.67 bits per heavy atom. The van der Waals surface area contributed by atoms with Crippen LogP contribution in [0, 0.1) is 0 Å². The molecule has 1 aliphatic rings. The first kappa shape index (κ1) is 17.3. The number of carbonyl (C=O) groups excluding carboxylic acids is 1.